The van der Waals surface area contributed by atoms with Gasteiger partial charge in [0.2, 0.25) is 11.8 Å². The van der Waals surface area contributed by atoms with Gasteiger partial charge in [-0.3, -0.25) is 9.59 Å². The number of hydrogen-bond acceptors (Lipinski definition) is 2. The summed E-state index contributed by atoms with van der Waals surface area (Å²) in [6, 6.07) is 12.6. The van der Waals surface area contributed by atoms with Gasteiger partial charge in [-0.05, 0) is 37.6 Å². The molecular formula is C17H17ClN2O2. The lowest BCUT2D eigenvalue weighted by Crippen LogP contribution is -2.21. The molecular weight excluding hydrogens is 300 g/mol. The van der Waals surface area contributed by atoms with Crippen LogP contribution in [0.3, 0.4) is 0 Å². The Balaban J connectivity index is 1.94. The molecule has 0 fully saturated rings. The number of para-hydroxylation sites is 1. The molecule has 0 heterocycles. The maximum Gasteiger partial charge on any atom is 0.233 e. The van der Waals surface area contributed by atoms with Crippen LogP contribution in [0.15, 0.2) is 42.5 Å². The zero-order chi connectivity index (χ0) is 16.1. The molecule has 0 saturated heterocycles. The largest absolute Gasteiger partial charge is 0.325 e. The molecule has 0 atom stereocenters. The molecule has 22 heavy (non-hydrogen) atoms. The Morgan fingerprint density at radius 1 is 0.955 bits per heavy atom. The lowest BCUT2D eigenvalue weighted by atomic mass is 10.1. The molecule has 2 amide bonds. The molecule has 2 N–H and O–H groups in total. The van der Waals surface area contributed by atoms with E-state index in [0.717, 1.165) is 11.1 Å². The van der Waals surface area contributed by atoms with Crippen molar-refractivity contribution in [3.8, 4) is 0 Å². The maximum absolute atomic E-state index is 11.9. The third kappa shape index (κ3) is 4.33. The fourth-order valence-electron chi connectivity index (χ4n) is 2.05. The van der Waals surface area contributed by atoms with Gasteiger partial charge in [0.25, 0.3) is 0 Å². The third-order valence-electron chi connectivity index (χ3n) is 3.13. The molecule has 114 valence electrons. The van der Waals surface area contributed by atoms with E-state index in [2.05, 4.69) is 10.6 Å². The van der Waals surface area contributed by atoms with E-state index in [1.165, 1.54) is 0 Å². The van der Waals surface area contributed by atoms with Gasteiger partial charge in [-0.1, -0.05) is 41.4 Å². The van der Waals surface area contributed by atoms with Gasteiger partial charge in [0.05, 0.1) is 10.7 Å². The van der Waals surface area contributed by atoms with Crippen LogP contribution in [0.4, 0.5) is 11.4 Å². The SMILES string of the molecule is Cc1ccc(NC(=O)CC(=O)Nc2ccccc2Cl)c(C)c1. The van der Waals surface area contributed by atoms with Crippen LogP contribution in [0.5, 0.6) is 0 Å². The van der Waals surface area contributed by atoms with Gasteiger partial charge in [0, 0.05) is 5.69 Å². The molecule has 0 saturated carbocycles. The number of carbonyl (C=O) groups is 2. The number of aryl methyl sites for hydroxylation is 2. The first-order chi connectivity index (χ1) is 10.5. The van der Waals surface area contributed by atoms with Crippen molar-refractivity contribution < 1.29 is 9.59 Å². The van der Waals surface area contributed by atoms with Crippen LogP contribution in [0, 0.1) is 13.8 Å². The van der Waals surface area contributed by atoms with Crippen molar-refractivity contribution in [3.63, 3.8) is 0 Å². The summed E-state index contributed by atoms with van der Waals surface area (Å²) in [6.45, 7) is 3.89. The van der Waals surface area contributed by atoms with E-state index >= 15 is 0 Å². The number of amides is 2. The zero-order valence-corrected chi connectivity index (χ0v) is 13.2. The standard InChI is InChI=1S/C17H17ClN2O2/c1-11-7-8-14(12(2)9-11)19-16(21)10-17(22)20-15-6-4-3-5-13(15)18/h3-9H,10H2,1-2H3,(H,19,21)(H,20,22). The number of carbonyl (C=O) groups excluding carboxylic acids is 2. The summed E-state index contributed by atoms with van der Waals surface area (Å²) in [4.78, 5) is 23.8. The van der Waals surface area contributed by atoms with Crippen LogP contribution in [-0.4, -0.2) is 11.8 Å². The Morgan fingerprint density at radius 2 is 1.59 bits per heavy atom. The van der Waals surface area contributed by atoms with Gasteiger partial charge in [-0.15, -0.1) is 0 Å². The summed E-state index contributed by atoms with van der Waals surface area (Å²) in [5.41, 5.74) is 3.28. The van der Waals surface area contributed by atoms with E-state index in [-0.39, 0.29) is 12.3 Å². The quantitative estimate of drug-likeness (QED) is 0.840. The molecule has 0 aliphatic carbocycles. The smallest absolute Gasteiger partial charge is 0.233 e. The highest BCUT2D eigenvalue weighted by Crippen LogP contribution is 2.20. The summed E-state index contributed by atoms with van der Waals surface area (Å²) >= 11 is 5.95. The lowest BCUT2D eigenvalue weighted by Gasteiger charge is -2.10. The summed E-state index contributed by atoms with van der Waals surface area (Å²) < 4.78 is 0. The molecule has 2 aromatic rings. The van der Waals surface area contributed by atoms with Gasteiger partial charge in [0.15, 0.2) is 0 Å². The van der Waals surface area contributed by atoms with Crippen molar-refractivity contribution in [2.45, 2.75) is 20.3 Å². The van der Waals surface area contributed by atoms with Crippen molar-refractivity contribution in [2.75, 3.05) is 10.6 Å². The molecule has 2 aromatic carbocycles. The maximum atomic E-state index is 11.9. The fourth-order valence-corrected chi connectivity index (χ4v) is 2.23. The lowest BCUT2D eigenvalue weighted by molar-refractivity contribution is -0.123. The number of hydrogen-bond donors (Lipinski definition) is 2. The molecule has 2 rings (SSSR count). The summed E-state index contributed by atoms with van der Waals surface area (Å²) in [7, 11) is 0. The molecule has 0 spiro atoms. The topological polar surface area (TPSA) is 58.2 Å². The van der Waals surface area contributed by atoms with E-state index in [0.29, 0.717) is 16.4 Å². The Kier molecular flexibility index (Phi) is 5.17. The monoisotopic (exact) mass is 316 g/mol. The highest BCUT2D eigenvalue weighted by atomic mass is 35.5. The van der Waals surface area contributed by atoms with Crippen LogP contribution >= 0.6 is 11.6 Å². The van der Waals surface area contributed by atoms with Crippen LogP contribution in [0.1, 0.15) is 17.5 Å². The highest BCUT2D eigenvalue weighted by molar-refractivity contribution is 6.33. The molecule has 0 aliphatic rings. The van der Waals surface area contributed by atoms with Crippen molar-refractivity contribution in [3.05, 3.63) is 58.6 Å². The minimum atomic E-state index is -0.407. The van der Waals surface area contributed by atoms with Gasteiger partial charge in [0.1, 0.15) is 6.42 Å². The third-order valence-corrected chi connectivity index (χ3v) is 3.45. The average Bonchev–Trinajstić information content (AvgIpc) is 2.44. The van der Waals surface area contributed by atoms with Gasteiger partial charge in [-0.25, -0.2) is 0 Å². The van der Waals surface area contributed by atoms with E-state index in [9.17, 15) is 9.59 Å². The second kappa shape index (κ2) is 7.09. The predicted octanol–water partition coefficient (Wildman–Crippen LogP) is 3.92. The fraction of sp³-hybridized carbons (Fsp3) is 0.176. The van der Waals surface area contributed by atoms with Crippen molar-refractivity contribution in [1.29, 1.82) is 0 Å². The highest BCUT2D eigenvalue weighted by Gasteiger charge is 2.12. The molecule has 5 heteroatoms. The minimum absolute atomic E-state index is 0.265. The van der Waals surface area contributed by atoms with Crippen LogP contribution < -0.4 is 10.6 Å². The van der Waals surface area contributed by atoms with Crippen LogP contribution in [0.25, 0.3) is 0 Å². The van der Waals surface area contributed by atoms with Crippen LogP contribution in [-0.2, 0) is 9.59 Å². The number of halogens is 1. The molecule has 0 aromatic heterocycles. The predicted molar refractivity (Wildman–Crippen MR) is 89.2 cm³/mol. The first kappa shape index (κ1) is 16.0. The van der Waals surface area contributed by atoms with Crippen molar-refractivity contribution in [2.24, 2.45) is 0 Å². The zero-order valence-electron chi connectivity index (χ0n) is 12.4. The Hall–Kier alpha value is -2.33. The van der Waals surface area contributed by atoms with Gasteiger partial charge < -0.3 is 10.6 Å². The van der Waals surface area contributed by atoms with E-state index in [4.69, 9.17) is 11.6 Å². The van der Waals surface area contributed by atoms with Crippen molar-refractivity contribution >= 4 is 34.8 Å². The summed E-state index contributed by atoms with van der Waals surface area (Å²) in [5, 5.41) is 5.79. The first-order valence-electron chi connectivity index (χ1n) is 6.87. The molecule has 4 nitrogen and oxygen atoms in total. The average molecular weight is 317 g/mol. The summed E-state index contributed by atoms with van der Waals surface area (Å²) in [5.74, 6) is -0.771. The van der Waals surface area contributed by atoms with E-state index in [1.54, 1.807) is 24.3 Å². The van der Waals surface area contributed by atoms with Crippen molar-refractivity contribution in [1.82, 2.24) is 0 Å². The van der Waals surface area contributed by atoms with Gasteiger partial charge >= 0.3 is 0 Å². The molecule has 0 bridgehead atoms. The van der Waals surface area contributed by atoms with E-state index in [1.807, 2.05) is 32.0 Å². The Morgan fingerprint density at radius 3 is 2.23 bits per heavy atom. The van der Waals surface area contributed by atoms with Gasteiger partial charge in [-0.2, -0.15) is 0 Å². The van der Waals surface area contributed by atoms with Crippen LogP contribution in [0.2, 0.25) is 5.02 Å². The second-order valence-electron chi connectivity index (χ2n) is 5.07. The second-order valence-corrected chi connectivity index (χ2v) is 5.48. The Labute approximate surface area is 134 Å². The minimum Gasteiger partial charge on any atom is -0.325 e. The number of nitrogens with one attached hydrogen (secondary N) is 2. The normalized spacial score (nSPS) is 10.1. The molecule has 0 aliphatic heterocycles. The Bertz CT molecular complexity index is 714. The summed E-state index contributed by atoms with van der Waals surface area (Å²) in [6.07, 6.45) is -0.265. The van der Waals surface area contributed by atoms with E-state index < -0.39 is 5.91 Å². The first-order valence-corrected chi connectivity index (χ1v) is 7.25. The molecule has 0 radical (unpaired) electrons. The number of rotatable bonds is 4. The number of anilines is 2. The molecule has 0 unspecified atom stereocenters. The number of benzene rings is 2.